The number of nitrogens with one attached hydrogen (secondary N) is 3. The Morgan fingerprint density at radius 2 is 1.75 bits per heavy atom. The number of piperidine rings is 1. The summed E-state index contributed by atoms with van der Waals surface area (Å²) in [6, 6.07) is 19.8. The van der Waals surface area contributed by atoms with Gasteiger partial charge in [0.05, 0.1) is 22.6 Å². The molecular weight excluding hydrogens is 656 g/mol. The van der Waals surface area contributed by atoms with Crippen LogP contribution in [0.25, 0.3) is 22.5 Å². The summed E-state index contributed by atoms with van der Waals surface area (Å²) >= 11 is 0. The molecule has 12 nitrogen and oxygen atoms in total. The number of hydrogen-bond donors (Lipinski definition) is 3. The van der Waals surface area contributed by atoms with Crippen LogP contribution in [0.1, 0.15) is 47.3 Å². The summed E-state index contributed by atoms with van der Waals surface area (Å²) in [6.45, 7) is 5.26. The number of aromatic amines is 1. The fourth-order valence-electron chi connectivity index (χ4n) is 8.08. The van der Waals surface area contributed by atoms with Crippen molar-refractivity contribution in [2.75, 3.05) is 68.1 Å². The number of hydrogen-bond acceptors (Lipinski definition) is 8. The first kappa shape index (κ1) is 33.6. The van der Waals surface area contributed by atoms with Crippen molar-refractivity contribution >= 4 is 41.2 Å². The average molecular weight is 701 g/mol. The summed E-state index contributed by atoms with van der Waals surface area (Å²) < 4.78 is 0. The summed E-state index contributed by atoms with van der Waals surface area (Å²) in [5.41, 5.74) is 9.69. The minimum absolute atomic E-state index is 0.000139. The summed E-state index contributed by atoms with van der Waals surface area (Å²) in [6.07, 6.45) is 6.04. The Morgan fingerprint density at radius 1 is 0.962 bits per heavy atom. The van der Waals surface area contributed by atoms with Crippen LogP contribution in [-0.2, 0) is 26.2 Å². The molecule has 268 valence electrons. The number of anilines is 3. The van der Waals surface area contributed by atoms with Crippen molar-refractivity contribution in [2.24, 2.45) is 0 Å². The Hall–Kier alpha value is -5.49. The lowest BCUT2D eigenvalue weighted by Gasteiger charge is -2.36. The highest BCUT2D eigenvalue weighted by atomic mass is 16.2. The summed E-state index contributed by atoms with van der Waals surface area (Å²) in [5, 5.41) is 5.43. The number of carbonyl (C=O) groups excluding carboxylic acids is 4. The molecule has 3 aliphatic heterocycles. The van der Waals surface area contributed by atoms with Gasteiger partial charge in [-0.2, -0.15) is 0 Å². The fourth-order valence-corrected chi connectivity index (χ4v) is 8.08. The zero-order chi connectivity index (χ0) is 36.0. The quantitative estimate of drug-likeness (QED) is 0.169. The van der Waals surface area contributed by atoms with Crippen LogP contribution < -0.4 is 25.3 Å². The first-order chi connectivity index (χ1) is 25.2. The van der Waals surface area contributed by atoms with Crippen LogP contribution in [0.15, 0.2) is 66.9 Å². The van der Waals surface area contributed by atoms with Crippen LogP contribution in [0, 0.1) is 0 Å². The minimum atomic E-state index is -0.719. The van der Waals surface area contributed by atoms with Gasteiger partial charge in [0, 0.05) is 99.6 Å². The van der Waals surface area contributed by atoms with Gasteiger partial charge in [-0.05, 0) is 67.6 Å². The normalized spacial score (nSPS) is 19.5. The van der Waals surface area contributed by atoms with E-state index in [1.165, 1.54) is 10.6 Å². The molecule has 2 saturated heterocycles. The Bertz CT molecular complexity index is 2030. The molecule has 1 aliphatic carbocycles. The lowest BCUT2D eigenvalue weighted by atomic mass is 9.95. The molecular formula is C40H44N8O4. The van der Waals surface area contributed by atoms with Crippen LogP contribution in [0.3, 0.4) is 0 Å². The second kappa shape index (κ2) is 13.6. The van der Waals surface area contributed by atoms with Gasteiger partial charge in [-0.3, -0.25) is 34.4 Å². The van der Waals surface area contributed by atoms with Crippen molar-refractivity contribution in [3.8, 4) is 22.5 Å². The van der Waals surface area contributed by atoms with E-state index >= 15 is 0 Å². The van der Waals surface area contributed by atoms with Crippen molar-refractivity contribution in [1.82, 2.24) is 25.5 Å². The SMILES string of the molecule is CN(C)c1c(CCN2CCN(c3ccc(-c4cc(-c5cc6c([nH]5)C5(CC5)CNC6=O)ccn4)cc3)CC2)cccc1N(C=O)C1CCC(=O)NC1=O. The monoisotopic (exact) mass is 700 g/mol. The molecule has 52 heavy (non-hydrogen) atoms. The maximum Gasteiger partial charge on any atom is 0.253 e. The van der Waals surface area contributed by atoms with Crippen molar-refractivity contribution in [3.05, 3.63) is 83.7 Å². The van der Waals surface area contributed by atoms with E-state index in [9.17, 15) is 19.2 Å². The Labute approximate surface area is 303 Å². The van der Waals surface area contributed by atoms with Gasteiger partial charge in [-0.25, -0.2) is 0 Å². The molecule has 4 aromatic rings. The molecule has 5 heterocycles. The molecule has 3 N–H and O–H groups in total. The van der Waals surface area contributed by atoms with Gasteiger partial charge in [0.2, 0.25) is 18.2 Å². The maximum atomic E-state index is 12.6. The summed E-state index contributed by atoms with van der Waals surface area (Å²) in [4.78, 5) is 65.8. The molecule has 8 rings (SSSR count). The molecule has 0 bridgehead atoms. The van der Waals surface area contributed by atoms with Crippen molar-refractivity contribution < 1.29 is 19.2 Å². The van der Waals surface area contributed by atoms with E-state index in [4.69, 9.17) is 0 Å². The van der Waals surface area contributed by atoms with Crippen molar-refractivity contribution in [3.63, 3.8) is 0 Å². The van der Waals surface area contributed by atoms with E-state index in [1.54, 1.807) is 0 Å². The molecule has 12 heteroatoms. The lowest BCUT2D eigenvalue weighted by Crippen LogP contribution is -2.52. The lowest BCUT2D eigenvalue weighted by molar-refractivity contribution is -0.134. The van der Waals surface area contributed by atoms with Crippen molar-refractivity contribution in [2.45, 2.75) is 43.6 Å². The smallest absolute Gasteiger partial charge is 0.253 e. The highest BCUT2D eigenvalue weighted by Gasteiger charge is 2.50. The van der Waals surface area contributed by atoms with E-state index in [1.807, 2.05) is 49.5 Å². The molecule has 4 aliphatic rings. The minimum Gasteiger partial charge on any atom is -0.376 e. The van der Waals surface area contributed by atoms with Crippen LogP contribution in [0.5, 0.6) is 0 Å². The first-order valence-corrected chi connectivity index (χ1v) is 18.2. The highest BCUT2D eigenvalue weighted by Crippen LogP contribution is 2.50. The molecule has 1 saturated carbocycles. The fraction of sp³-hybridized carbons (Fsp3) is 0.375. The molecule has 1 atom stereocenters. The predicted molar refractivity (Wildman–Crippen MR) is 201 cm³/mol. The van der Waals surface area contributed by atoms with Crippen LogP contribution in [0.2, 0.25) is 0 Å². The van der Waals surface area contributed by atoms with Gasteiger partial charge in [0.1, 0.15) is 6.04 Å². The topological polar surface area (TPSA) is 134 Å². The van der Waals surface area contributed by atoms with E-state index in [-0.39, 0.29) is 23.7 Å². The van der Waals surface area contributed by atoms with Crippen LogP contribution >= 0.6 is 0 Å². The van der Waals surface area contributed by atoms with Crippen molar-refractivity contribution in [1.29, 1.82) is 0 Å². The number of benzene rings is 2. The number of para-hydroxylation sites is 1. The van der Waals surface area contributed by atoms with Gasteiger partial charge in [0.15, 0.2) is 0 Å². The molecule has 2 aromatic carbocycles. The molecule has 2 aromatic heterocycles. The number of H-pyrrole nitrogens is 1. The van der Waals surface area contributed by atoms with Gasteiger partial charge < -0.3 is 25.0 Å². The second-order valence-electron chi connectivity index (χ2n) is 14.6. The number of fused-ring (bicyclic) bond motifs is 2. The Morgan fingerprint density at radius 3 is 2.46 bits per heavy atom. The first-order valence-electron chi connectivity index (χ1n) is 18.2. The Balaban J connectivity index is 0.896. The molecule has 3 fully saturated rings. The third kappa shape index (κ3) is 6.32. The number of rotatable bonds is 10. The molecule has 0 radical (unpaired) electrons. The molecule has 1 spiro atoms. The highest BCUT2D eigenvalue weighted by molar-refractivity contribution is 6.05. The number of carbonyl (C=O) groups is 4. The van der Waals surface area contributed by atoms with Gasteiger partial charge in [0.25, 0.3) is 5.91 Å². The van der Waals surface area contributed by atoms with Gasteiger partial charge in [-0.1, -0.05) is 24.3 Å². The zero-order valence-electron chi connectivity index (χ0n) is 29.7. The predicted octanol–water partition coefficient (Wildman–Crippen LogP) is 3.72. The van der Waals surface area contributed by atoms with Crippen LogP contribution in [0.4, 0.5) is 17.1 Å². The number of imide groups is 1. The largest absolute Gasteiger partial charge is 0.376 e. The van der Waals surface area contributed by atoms with Gasteiger partial charge >= 0.3 is 0 Å². The third-order valence-electron chi connectivity index (χ3n) is 11.2. The standard InChI is InChI=1S/C40H44N8O4/c1-45(2)36-27(4-3-5-33(36)48(25-49)34-10-11-35(50)44-39(34)52)13-17-46-18-20-47(21-19-46)29-8-6-26(7-9-29)31-22-28(12-16-41-31)32-23-30-37(43-32)40(14-15-40)24-42-38(30)51/h3-9,12,16,22-23,25,34,43H,10-11,13-15,17-21,24H2,1-2H3,(H,42,51)(H,44,50,52). The maximum absolute atomic E-state index is 12.6. The second-order valence-corrected chi connectivity index (χ2v) is 14.6. The number of amides is 4. The summed E-state index contributed by atoms with van der Waals surface area (Å²) in [5.74, 6) is -0.744. The average Bonchev–Trinajstić information content (AvgIpc) is 3.79. The molecule has 1 unspecified atom stereocenters. The number of piperazine rings is 1. The zero-order valence-corrected chi connectivity index (χ0v) is 29.7. The van der Waals surface area contributed by atoms with E-state index in [0.717, 1.165) is 97.0 Å². The Kier molecular flexibility index (Phi) is 8.78. The van der Waals surface area contributed by atoms with E-state index in [0.29, 0.717) is 25.1 Å². The number of nitrogens with zero attached hydrogens (tertiary/aromatic N) is 5. The van der Waals surface area contributed by atoms with Gasteiger partial charge in [-0.15, -0.1) is 0 Å². The number of pyridine rings is 1. The van der Waals surface area contributed by atoms with E-state index < -0.39 is 11.9 Å². The number of aromatic nitrogens is 2. The summed E-state index contributed by atoms with van der Waals surface area (Å²) in [7, 11) is 3.90. The van der Waals surface area contributed by atoms with Crippen LogP contribution in [-0.4, -0.2) is 98.4 Å². The third-order valence-corrected chi connectivity index (χ3v) is 11.2. The van der Waals surface area contributed by atoms with E-state index in [2.05, 4.69) is 66.8 Å². The molecule has 4 amide bonds.